The number of fused-ring (bicyclic) bond motifs is 1. The fourth-order valence-corrected chi connectivity index (χ4v) is 4.10. The number of amides is 2. The van der Waals surface area contributed by atoms with Gasteiger partial charge in [-0.15, -0.1) is 0 Å². The highest BCUT2D eigenvalue weighted by atomic mass is 16.5. The van der Waals surface area contributed by atoms with Crippen molar-refractivity contribution in [1.82, 2.24) is 25.3 Å². The van der Waals surface area contributed by atoms with Gasteiger partial charge in [0.1, 0.15) is 0 Å². The zero-order valence-electron chi connectivity index (χ0n) is 18.1. The maximum Gasteiger partial charge on any atom is 0.259 e. The highest BCUT2D eigenvalue weighted by Gasteiger charge is 2.31. The van der Waals surface area contributed by atoms with Gasteiger partial charge in [-0.1, -0.05) is 19.0 Å². The minimum atomic E-state index is 0.00857. The second-order valence-electron chi connectivity index (χ2n) is 8.65. The van der Waals surface area contributed by atoms with Crippen LogP contribution in [0.4, 0.5) is 0 Å². The van der Waals surface area contributed by atoms with Crippen molar-refractivity contribution < 1.29 is 14.1 Å². The first-order valence-electron chi connectivity index (χ1n) is 11.1. The summed E-state index contributed by atoms with van der Waals surface area (Å²) in [6.45, 7) is 9.80. The van der Waals surface area contributed by atoms with Crippen LogP contribution in [0.3, 0.4) is 0 Å². The van der Waals surface area contributed by atoms with Crippen LogP contribution in [0, 0.1) is 0 Å². The van der Waals surface area contributed by atoms with E-state index in [0.717, 1.165) is 42.6 Å². The Morgan fingerprint density at radius 1 is 1.23 bits per heavy atom. The predicted molar refractivity (Wildman–Crippen MR) is 114 cm³/mol. The van der Waals surface area contributed by atoms with E-state index >= 15 is 0 Å². The lowest BCUT2D eigenvalue weighted by molar-refractivity contribution is -0.122. The fourth-order valence-electron chi connectivity index (χ4n) is 4.10. The molecule has 1 saturated heterocycles. The number of carbonyl (C=O) groups is 2. The summed E-state index contributed by atoms with van der Waals surface area (Å²) in [6, 6.07) is 1.96. The molecule has 2 aliphatic rings. The fraction of sp³-hybridized carbons (Fsp3) is 0.636. The summed E-state index contributed by atoms with van der Waals surface area (Å²) in [4.78, 5) is 34.2. The van der Waals surface area contributed by atoms with Crippen LogP contribution in [0.5, 0.6) is 0 Å². The molecule has 0 radical (unpaired) electrons. The number of rotatable bonds is 6. The van der Waals surface area contributed by atoms with Gasteiger partial charge in [-0.25, -0.2) is 4.98 Å². The number of hydrogen-bond acceptors (Lipinski definition) is 6. The number of aromatic nitrogens is 2. The van der Waals surface area contributed by atoms with Crippen LogP contribution in [0.2, 0.25) is 0 Å². The molecule has 2 aromatic heterocycles. The standard InChI is InChI=1S/C22H31N5O3/c1-4-23-18(28)13-26-8-5-9-27(11-10-26)22(29)16-12-17(15-6-7-15)24-21-19(16)20(14(2)3)25-30-21/h12,14-15H,4-11,13H2,1-3H3,(H,23,28). The van der Waals surface area contributed by atoms with E-state index in [-0.39, 0.29) is 17.7 Å². The lowest BCUT2D eigenvalue weighted by Crippen LogP contribution is -2.40. The second-order valence-corrected chi connectivity index (χ2v) is 8.65. The van der Waals surface area contributed by atoms with E-state index in [9.17, 15) is 9.59 Å². The summed E-state index contributed by atoms with van der Waals surface area (Å²) in [5.41, 5.74) is 2.85. The van der Waals surface area contributed by atoms with Crippen molar-refractivity contribution in [2.75, 3.05) is 39.3 Å². The Bertz CT molecular complexity index is 934. The number of nitrogens with one attached hydrogen (secondary N) is 1. The molecule has 0 atom stereocenters. The van der Waals surface area contributed by atoms with Crippen LogP contribution in [-0.2, 0) is 4.79 Å². The van der Waals surface area contributed by atoms with Gasteiger partial charge in [0.05, 0.1) is 23.2 Å². The van der Waals surface area contributed by atoms with Crippen LogP contribution in [0.25, 0.3) is 11.1 Å². The van der Waals surface area contributed by atoms with Gasteiger partial charge in [0, 0.05) is 44.3 Å². The van der Waals surface area contributed by atoms with Gasteiger partial charge in [0.15, 0.2) is 0 Å². The molecule has 1 aliphatic carbocycles. The highest BCUT2D eigenvalue weighted by Crippen LogP contribution is 2.41. The van der Waals surface area contributed by atoms with Crippen molar-refractivity contribution in [2.24, 2.45) is 0 Å². The molecule has 4 rings (SSSR count). The lowest BCUT2D eigenvalue weighted by Gasteiger charge is -2.22. The maximum absolute atomic E-state index is 13.6. The van der Waals surface area contributed by atoms with Gasteiger partial charge >= 0.3 is 0 Å². The molecule has 2 aromatic rings. The first-order chi connectivity index (χ1) is 14.5. The lowest BCUT2D eigenvalue weighted by atomic mass is 10.0. The second kappa shape index (κ2) is 8.71. The molecule has 1 N–H and O–H groups in total. The van der Waals surface area contributed by atoms with E-state index in [1.54, 1.807) is 0 Å². The Kier molecular flexibility index (Phi) is 6.04. The Hall–Kier alpha value is -2.48. The summed E-state index contributed by atoms with van der Waals surface area (Å²) in [6.07, 6.45) is 3.06. The van der Waals surface area contributed by atoms with Gasteiger partial charge in [0.2, 0.25) is 5.91 Å². The average Bonchev–Trinajstić information content (AvgIpc) is 3.50. The number of carbonyl (C=O) groups excluding carboxylic acids is 2. The van der Waals surface area contributed by atoms with Crippen molar-refractivity contribution >= 4 is 22.9 Å². The molecule has 2 amide bonds. The van der Waals surface area contributed by atoms with E-state index in [4.69, 9.17) is 4.52 Å². The molecule has 0 aromatic carbocycles. The van der Waals surface area contributed by atoms with Crippen molar-refractivity contribution in [3.8, 4) is 0 Å². The van der Waals surface area contributed by atoms with E-state index in [2.05, 4.69) is 20.4 Å². The predicted octanol–water partition coefficient (Wildman–Crippen LogP) is 2.51. The smallest absolute Gasteiger partial charge is 0.259 e. The van der Waals surface area contributed by atoms with Crippen LogP contribution in [-0.4, -0.2) is 71.0 Å². The van der Waals surface area contributed by atoms with E-state index in [1.165, 1.54) is 0 Å². The SMILES string of the molecule is CCNC(=O)CN1CCCN(C(=O)c2cc(C3CC3)nc3onc(C(C)C)c23)CC1. The van der Waals surface area contributed by atoms with Gasteiger partial charge < -0.3 is 14.7 Å². The molecule has 3 heterocycles. The zero-order chi connectivity index (χ0) is 21.3. The maximum atomic E-state index is 13.6. The van der Waals surface area contributed by atoms with Gasteiger partial charge in [-0.2, -0.15) is 0 Å². The number of hydrogen-bond donors (Lipinski definition) is 1. The van der Waals surface area contributed by atoms with E-state index < -0.39 is 0 Å². The molecular formula is C22H31N5O3. The summed E-state index contributed by atoms with van der Waals surface area (Å²) in [5.74, 6) is 0.607. The summed E-state index contributed by atoms with van der Waals surface area (Å²) >= 11 is 0. The molecule has 0 spiro atoms. The Morgan fingerprint density at radius 3 is 2.73 bits per heavy atom. The Morgan fingerprint density at radius 2 is 2.03 bits per heavy atom. The monoisotopic (exact) mass is 413 g/mol. The molecule has 8 nitrogen and oxygen atoms in total. The molecule has 30 heavy (non-hydrogen) atoms. The zero-order valence-corrected chi connectivity index (χ0v) is 18.1. The van der Waals surface area contributed by atoms with Gasteiger partial charge in [-0.3, -0.25) is 14.5 Å². The van der Waals surface area contributed by atoms with Crippen LogP contribution < -0.4 is 5.32 Å². The third kappa shape index (κ3) is 4.33. The van der Waals surface area contributed by atoms with E-state index in [0.29, 0.717) is 49.9 Å². The van der Waals surface area contributed by atoms with Crippen LogP contribution >= 0.6 is 0 Å². The molecular weight excluding hydrogens is 382 g/mol. The number of nitrogens with zero attached hydrogens (tertiary/aromatic N) is 4. The molecule has 2 fully saturated rings. The average molecular weight is 414 g/mol. The quantitative estimate of drug-likeness (QED) is 0.782. The Balaban J connectivity index is 1.58. The summed E-state index contributed by atoms with van der Waals surface area (Å²) < 4.78 is 5.53. The minimum absolute atomic E-state index is 0.00857. The first kappa shape index (κ1) is 20.8. The number of likely N-dealkylation sites (N-methyl/N-ethyl adjacent to an activating group) is 1. The molecule has 0 bridgehead atoms. The molecule has 1 aliphatic heterocycles. The topological polar surface area (TPSA) is 91.6 Å². The molecule has 1 saturated carbocycles. The third-order valence-electron chi connectivity index (χ3n) is 5.88. The van der Waals surface area contributed by atoms with Crippen LogP contribution in [0.15, 0.2) is 10.6 Å². The third-order valence-corrected chi connectivity index (χ3v) is 5.88. The highest BCUT2D eigenvalue weighted by molar-refractivity contribution is 6.06. The van der Waals surface area contributed by atoms with Gasteiger partial charge in [-0.05, 0) is 38.2 Å². The summed E-state index contributed by atoms with van der Waals surface area (Å²) in [7, 11) is 0. The van der Waals surface area contributed by atoms with Crippen molar-refractivity contribution in [3.63, 3.8) is 0 Å². The normalized spacial score (nSPS) is 18.1. The van der Waals surface area contributed by atoms with Crippen LogP contribution in [0.1, 0.15) is 73.6 Å². The first-order valence-corrected chi connectivity index (χ1v) is 11.1. The Labute approximate surface area is 177 Å². The molecule has 162 valence electrons. The molecule has 8 heteroatoms. The summed E-state index contributed by atoms with van der Waals surface area (Å²) in [5, 5.41) is 7.82. The molecule has 0 unspecified atom stereocenters. The van der Waals surface area contributed by atoms with Crippen molar-refractivity contribution in [1.29, 1.82) is 0 Å². The largest absolute Gasteiger partial charge is 0.355 e. The van der Waals surface area contributed by atoms with Gasteiger partial charge in [0.25, 0.3) is 11.6 Å². The number of pyridine rings is 1. The minimum Gasteiger partial charge on any atom is -0.355 e. The van der Waals surface area contributed by atoms with Crippen molar-refractivity contribution in [3.05, 3.63) is 23.0 Å². The van der Waals surface area contributed by atoms with Crippen molar-refractivity contribution in [2.45, 2.75) is 51.9 Å². The van der Waals surface area contributed by atoms with E-state index in [1.807, 2.05) is 31.7 Å².